The number of halogens is 1. The highest BCUT2D eigenvalue weighted by molar-refractivity contribution is 6.06. The second kappa shape index (κ2) is 9.57. The molecule has 0 unspecified atom stereocenters. The van der Waals surface area contributed by atoms with Gasteiger partial charge in [0.25, 0.3) is 5.91 Å². The third kappa shape index (κ3) is 5.17. The van der Waals surface area contributed by atoms with E-state index < -0.39 is 0 Å². The predicted molar refractivity (Wildman–Crippen MR) is 116 cm³/mol. The number of para-hydroxylation sites is 1. The number of carbonyl (C=O) groups excluding carboxylic acids is 1. The van der Waals surface area contributed by atoms with E-state index in [1.807, 2.05) is 0 Å². The van der Waals surface area contributed by atoms with Crippen molar-refractivity contribution >= 4 is 11.6 Å². The largest absolute Gasteiger partial charge is 0.496 e. The Balaban J connectivity index is 1.40. The second-order valence-electron chi connectivity index (χ2n) is 6.51. The van der Waals surface area contributed by atoms with E-state index in [0.717, 1.165) is 0 Å². The van der Waals surface area contributed by atoms with Gasteiger partial charge in [-0.3, -0.25) is 4.79 Å². The van der Waals surface area contributed by atoms with Crippen LogP contribution in [0.3, 0.4) is 0 Å². The highest BCUT2D eigenvalue weighted by Crippen LogP contribution is 2.25. The van der Waals surface area contributed by atoms with E-state index in [1.54, 1.807) is 54.6 Å². The predicted octanol–water partition coefficient (Wildman–Crippen LogP) is 5.46. The molecule has 0 saturated carbocycles. The fourth-order valence-corrected chi connectivity index (χ4v) is 2.80. The Morgan fingerprint density at radius 1 is 0.875 bits per heavy atom. The van der Waals surface area contributed by atoms with Crippen LogP contribution in [0.15, 0.2) is 85.1 Å². The average Bonchev–Trinajstić information content (AvgIpc) is 2.82. The summed E-state index contributed by atoms with van der Waals surface area (Å²) in [6, 6.07) is 20.9. The van der Waals surface area contributed by atoms with Crippen LogP contribution in [0.1, 0.15) is 10.4 Å². The Morgan fingerprint density at radius 2 is 1.56 bits per heavy atom. The fraction of sp³-hybridized carbons (Fsp3) is 0.0417. The van der Waals surface area contributed by atoms with Crippen molar-refractivity contribution in [1.29, 1.82) is 0 Å². The number of carbonyl (C=O) groups is 1. The summed E-state index contributed by atoms with van der Waals surface area (Å²) in [7, 11) is 1.51. The number of aromatic nitrogens is 2. The number of rotatable bonds is 7. The molecule has 0 radical (unpaired) electrons. The van der Waals surface area contributed by atoms with Crippen LogP contribution in [0, 0.1) is 5.82 Å². The van der Waals surface area contributed by atoms with Gasteiger partial charge >= 0.3 is 6.01 Å². The molecule has 0 aliphatic rings. The number of ether oxygens (including phenoxy) is 3. The van der Waals surface area contributed by atoms with Gasteiger partial charge in [0, 0.05) is 18.0 Å². The third-order valence-electron chi connectivity index (χ3n) is 4.32. The van der Waals surface area contributed by atoms with Crippen LogP contribution < -0.4 is 19.5 Å². The lowest BCUT2D eigenvalue weighted by atomic mass is 10.2. The smallest absolute Gasteiger partial charge is 0.325 e. The number of nitrogens with zero attached hydrogens (tertiary/aromatic N) is 2. The normalized spacial score (nSPS) is 10.3. The van der Waals surface area contributed by atoms with Crippen LogP contribution in [0.25, 0.3) is 0 Å². The summed E-state index contributed by atoms with van der Waals surface area (Å²) in [6.45, 7) is 0. The molecule has 0 saturated heterocycles. The van der Waals surface area contributed by atoms with Gasteiger partial charge in [-0.15, -0.1) is 0 Å². The number of benzene rings is 3. The van der Waals surface area contributed by atoms with Gasteiger partial charge in [-0.1, -0.05) is 12.1 Å². The zero-order valence-corrected chi connectivity index (χ0v) is 17.0. The Hall–Kier alpha value is -4.46. The first kappa shape index (κ1) is 20.8. The number of nitrogens with one attached hydrogen (secondary N) is 1. The van der Waals surface area contributed by atoms with Crippen molar-refractivity contribution in [3.8, 4) is 29.1 Å². The maximum atomic E-state index is 13.0. The molecule has 3 aromatic carbocycles. The number of anilines is 1. The van der Waals surface area contributed by atoms with Gasteiger partial charge < -0.3 is 19.5 Å². The minimum atomic E-state index is -0.355. The molecule has 1 aromatic heterocycles. The maximum Gasteiger partial charge on any atom is 0.325 e. The van der Waals surface area contributed by atoms with E-state index in [1.165, 1.54) is 37.6 Å². The molecule has 0 atom stereocenters. The molecule has 4 aromatic rings. The maximum absolute atomic E-state index is 13.0. The van der Waals surface area contributed by atoms with Gasteiger partial charge in [-0.05, 0) is 60.7 Å². The number of methoxy groups -OCH3 is 1. The van der Waals surface area contributed by atoms with Crippen LogP contribution in [-0.2, 0) is 0 Å². The number of hydrogen-bond acceptors (Lipinski definition) is 6. The molecule has 160 valence electrons. The Kier molecular flexibility index (Phi) is 6.22. The summed E-state index contributed by atoms with van der Waals surface area (Å²) in [5, 5.41) is 2.81. The van der Waals surface area contributed by atoms with Crippen LogP contribution in [0.4, 0.5) is 10.1 Å². The first-order valence-corrected chi connectivity index (χ1v) is 9.59. The van der Waals surface area contributed by atoms with Gasteiger partial charge in [-0.2, -0.15) is 4.98 Å². The van der Waals surface area contributed by atoms with Crippen LogP contribution in [0.5, 0.6) is 29.1 Å². The molecule has 4 rings (SSSR count). The lowest BCUT2D eigenvalue weighted by molar-refractivity contribution is 0.102. The van der Waals surface area contributed by atoms with E-state index in [0.29, 0.717) is 28.5 Å². The third-order valence-corrected chi connectivity index (χ3v) is 4.32. The van der Waals surface area contributed by atoms with Crippen molar-refractivity contribution in [3.05, 3.63) is 96.4 Å². The summed E-state index contributed by atoms with van der Waals surface area (Å²) in [5.74, 6) is 1.01. The van der Waals surface area contributed by atoms with E-state index in [-0.39, 0.29) is 23.6 Å². The lowest BCUT2D eigenvalue weighted by Crippen LogP contribution is -2.12. The second-order valence-corrected chi connectivity index (χ2v) is 6.51. The topological polar surface area (TPSA) is 82.6 Å². The first-order chi connectivity index (χ1) is 15.6. The zero-order valence-electron chi connectivity index (χ0n) is 17.0. The van der Waals surface area contributed by atoms with Gasteiger partial charge in [0.2, 0.25) is 5.88 Å². The zero-order chi connectivity index (χ0) is 22.3. The van der Waals surface area contributed by atoms with Crippen LogP contribution in [0.2, 0.25) is 0 Å². The van der Waals surface area contributed by atoms with Crippen molar-refractivity contribution in [2.45, 2.75) is 0 Å². The summed E-state index contributed by atoms with van der Waals surface area (Å²) >= 11 is 0. The fourth-order valence-electron chi connectivity index (χ4n) is 2.80. The lowest BCUT2D eigenvalue weighted by Gasteiger charge is -2.10. The van der Waals surface area contributed by atoms with Crippen molar-refractivity contribution < 1.29 is 23.4 Å². The molecule has 8 heteroatoms. The van der Waals surface area contributed by atoms with Crippen molar-refractivity contribution in [1.82, 2.24) is 9.97 Å². The van der Waals surface area contributed by atoms with Crippen molar-refractivity contribution in [3.63, 3.8) is 0 Å². The number of hydrogen-bond donors (Lipinski definition) is 1. The van der Waals surface area contributed by atoms with E-state index in [4.69, 9.17) is 14.2 Å². The minimum absolute atomic E-state index is 0.0791. The van der Waals surface area contributed by atoms with Crippen LogP contribution in [-0.4, -0.2) is 23.0 Å². The highest BCUT2D eigenvalue weighted by Gasteiger charge is 2.12. The van der Waals surface area contributed by atoms with E-state index in [2.05, 4.69) is 15.3 Å². The molecule has 1 amide bonds. The molecular formula is C24H18FN3O4. The summed E-state index contributed by atoms with van der Waals surface area (Å²) in [6.07, 6.45) is 1.49. The molecule has 7 nitrogen and oxygen atoms in total. The summed E-state index contributed by atoms with van der Waals surface area (Å²) in [4.78, 5) is 20.7. The SMILES string of the molecule is COc1ccccc1C(=O)Nc1ccc(Oc2nccc(Oc3ccc(F)cc3)n2)cc1. The highest BCUT2D eigenvalue weighted by atomic mass is 19.1. The molecule has 1 N–H and O–H groups in total. The Labute approximate surface area is 183 Å². The number of amides is 1. The van der Waals surface area contributed by atoms with Crippen molar-refractivity contribution in [2.24, 2.45) is 0 Å². The average molecular weight is 431 g/mol. The molecule has 0 fully saturated rings. The van der Waals surface area contributed by atoms with Gasteiger partial charge in [0.1, 0.15) is 23.1 Å². The van der Waals surface area contributed by atoms with Crippen LogP contribution >= 0.6 is 0 Å². The Morgan fingerprint density at radius 3 is 2.31 bits per heavy atom. The first-order valence-electron chi connectivity index (χ1n) is 9.59. The molecule has 32 heavy (non-hydrogen) atoms. The Bertz CT molecular complexity index is 1210. The van der Waals surface area contributed by atoms with Crippen molar-refractivity contribution in [2.75, 3.05) is 12.4 Å². The van der Waals surface area contributed by atoms with E-state index in [9.17, 15) is 9.18 Å². The molecule has 0 bridgehead atoms. The molecule has 0 aliphatic carbocycles. The monoisotopic (exact) mass is 431 g/mol. The van der Waals surface area contributed by atoms with Gasteiger partial charge in [-0.25, -0.2) is 9.37 Å². The minimum Gasteiger partial charge on any atom is -0.496 e. The van der Waals surface area contributed by atoms with Gasteiger partial charge in [0.05, 0.1) is 12.7 Å². The molecule has 0 aliphatic heterocycles. The van der Waals surface area contributed by atoms with E-state index >= 15 is 0 Å². The summed E-state index contributed by atoms with van der Waals surface area (Å²) < 4.78 is 29.5. The molecule has 0 spiro atoms. The summed E-state index contributed by atoms with van der Waals surface area (Å²) in [5.41, 5.74) is 1.02. The molecule has 1 heterocycles. The molecular weight excluding hydrogens is 413 g/mol. The van der Waals surface area contributed by atoms with Gasteiger partial charge in [0.15, 0.2) is 0 Å². The quantitative estimate of drug-likeness (QED) is 0.418. The standard InChI is InChI=1S/C24H18FN3O4/c1-30-21-5-3-2-4-20(21)23(29)27-17-8-12-19(13-9-17)32-24-26-15-14-22(28-24)31-18-10-6-16(25)7-11-18/h2-15H,1H3,(H,27,29).